The normalized spacial score (nSPS) is 12.7. The first kappa shape index (κ1) is 21.0. The Morgan fingerprint density at radius 1 is 1.10 bits per heavy atom. The highest BCUT2D eigenvalue weighted by Gasteiger charge is 2.36. The number of halogens is 3. The van der Waals surface area contributed by atoms with Crippen LogP contribution >= 0.6 is 11.3 Å². The van der Waals surface area contributed by atoms with E-state index in [1.807, 2.05) is 48.5 Å². The summed E-state index contributed by atoms with van der Waals surface area (Å²) in [6, 6.07) is 15.7. The predicted molar refractivity (Wildman–Crippen MR) is 107 cm³/mol. The molecular weight excluding hydrogens is 401 g/mol. The van der Waals surface area contributed by atoms with Crippen LogP contribution in [0.5, 0.6) is 0 Å². The Bertz CT molecular complexity index is 1020. The first-order valence-electron chi connectivity index (χ1n) is 9.02. The number of fused-ring (bicyclic) bond motifs is 1. The van der Waals surface area contributed by atoms with Gasteiger partial charge in [0.25, 0.3) is 0 Å². The SMILES string of the molecule is CC(CC(=O)CNC(=O)Cc1nc2ccc(-c3ccccc3)cc2s1)C(F)(F)F. The van der Waals surface area contributed by atoms with Crippen LogP contribution in [0.1, 0.15) is 18.4 Å². The first-order chi connectivity index (χ1) is 13.7. The number of hydrogen-bond donors (Lipinski definition) is 1. The summed E-state index contributed by atoms with van der Waals surface area (Å²) in [5, 5.41) is 2.96. The third-order valence-electron chi connectivity index (χ3n) is 4.43. The van der Waals surface area contributed by atoms with Gasteiger partial charge in [0.15, 0.2) is 5.78 Å². The van der Waals surface area contributed by atoms with Crippen LogP contribution in [0.15, 0.2) is 48.5 Å². The van der Waals surface area contributed by atoms with E-state index in [-0.39, 0.29) is 6.42 Å². The van der Waals surface area contributed by atoms with E-state index in [0.717, 1.165) is 28.3 Å². The molecule has 0 fully saturated rings. The number of nitrogens with one attached hydrogen (secondary N) is 1. The third-order valence-corrected chi connectivity index (χ3v) is 5.45. The van der Waals surface area contributed by atoms with Gasteiger partial charge in [0.1, 0.15) is 5.01 Å². The van der Waals surface area contributed by atoms with Gasteiger partial charge in [0.2, 0.25) is 5.91 Å². The van der Waals surface area contributed by atoms with Crippen LogP contribution in [0.4, 0.5) is 13.2 Å². The van der Waals surface area contributed by atoms with Gasteiger partial charge in [0.05, 0.1) is 29.1 Å². The molecule has 29 heavy (non-hydrogen) atoms. The highest BCUT2D eigenvalue weighted by molar-refractivity contribution is 7.18. The fraction of sp³-hybridized carbons (Fsp3) is 0.286. The van der Waals surface area contributed by atoms with Gasteiger partial charge in [0, 0.05) is 6.42 Å². The molecule has 1 N–H and O–H groups in total. The summed E-state index contributed by atoms with van der Waals surface area (Å²) in [6.45, 7) is 0.535. The van der Waals surface area contributed by atoms with E-state index in [4.69, 9.17) is 0 Å². The highest BCUT2D eigenvalue weighted by Crippen LogP contribution is 2.29. The largest absolute Gasteiger partial charge is 0.391 e. The van der Waals surface area contributed by atoms with Crippen molar-refractivity contribution in [2.24, 2.45) is 5.92 Å². The molecule has 0 spiro atoms. The topological polar surface area (TPSA) is 59.1 Å². The minimum atomic E-state index is -4.42. The van der Waals surface area contributed by atoms with Crippen LogP contribution in [-0.4, -0.2) is 29.4 Å². The minimum Gasteiger partial charge on any atom is -0.349 e. The van der Waals surface area contributed by atoms with Gasteiger partial charge in [-0.3, -0.25) is 9.59 Å². The summed E-state index contributed by atoms with van der Waals surface area (Å²) in [6.07, 6.45) is -5.09. The fourth-order valence-electron chi connectivity index (χ4n) is 2.78. The Labute approximate surface area is 169 Å². The average molecular weight is 420 g/mol. The standard InChI is InChI=1S/C21H19F3N2O2S/c1-13(21(22,23)24)9-16(27)12-25-19(28)11-20-26-17-8-7-15(10-18(17)29-20)14-5-3-2-4-6-14/h2-8,10,13H,9,11-12H2,1H3,(H,25,28). The van der Waals surface area contributed by atoms with Crippen molar-refractivity contribution in [2.75, 3.05) is 6.54 Å². The van der Waals surface area contributed by atoms with Crippen LogP contribution in [-0.2, 0) is 16.0 Å². The molecule has 0 bridgehead atoms. The monoisotopic (exact) mass is 420 g/mol. The Hall–Kier alpha value is -2.74. The van der Waals surface area contributed by atoms with Crippen LogP contribution in [0.25, 0.3) is 21.3 Å². The zero-order chi connectivity index (χ0) is 21.0. The van der Waals surface area contributed by atoms with Crippen molar-refractivity contribution in [3.8, 4) is 11.1 Å². The molecule has 2 aromatic carbocycles. The summed E-state index contributed by atoms with van der Waals surface area (Å²) < 4.78 is 38.4. The lowest BCUT2D eigenvalue weighted by molar-refractivity contribution is -0.173. The van der Waals surface area contributed by atoms with E-state index in [2.05, 4.69) is 10.3 Å². The van der Waals surface area contributed by atoms with Crippen LogP contribution in [0, 0.1) is 5.92 Å². The smallest absolute Gasteiger partial charge is 0.349 e. The molecule has 1 heterocycles. The quantitative estimate of drug-likeness (QED) is 0.599. The van der Waals surface area contributed by atoms with Gasteiger partial charge >= 0.3 is 6.18 Å². The average Bonchev–Trinajstić information content (AvgIpc) is 3.07. The molecule has 0 saturated carbocycles. The minimum absolute atomic E-state index is 0.0257. The van der Waals surface area contributed by atoms with Crippen molar-refractivity contribution in [3.63, 3.8) is 0 Å². The van der Waals surface area contributed by atoms with E-state index in [0.29, 0.717) is 5.01 Å². The molecule has 0 radical (unpaired) electrons. The first-order valence-corrected chi connectivity index (χ1v) is 9.84. The van der Waals surface area contributed by atoms with Crippen LogP contribution in [0.3, 0.4) is 0 Å². The number of benzene rings is 2. The molecular formula is C21H19F3N2O2S. The van der Waals surface area contributed by atoms with Crippen molar-refractivity contribution >= 4 is 33.2 Å². The number of alkyl halides is 3. The molecule has 8 heteroatoms. The summed E-state index contributed by atoms with van der Waals surface area (Å²) in [7, 11) is 0. The molecule has 3 aromatic rings. The van der Waals surface area contributed by atoms with Gasteiger partial charge in [-0.25, -0.2) is 4.98 Å². The third kappa shape index (κ3) is 5.63. The number of aromatic nitrogens is 1. The van der Waals surface area contributed by atoms with Gasteiger partial charge in [-0.2, -0.15) is 13.2 Å². The van der Waals surface area contributed by atoms with E-state index >= 15 is 0 Å². The maximum absolute atomic E-state index is 12.5. The number of hydrogen-bond acceptors (Lipinski definition) is 4. The predicted octanol–water partition coefficient (Wildman–Crippen LogP) is 4.78. The molecule has 1 atom stereocenters. The Kier molecular flexibility index (Phi) is 6.32. The van der Waals surface area contributed by atoms with E-state index in [1.165, 1.54) is 11.3 Å². The Balaban J connectivity index is 1.58. The van der Waals surface area contributed by atoms with Crippen LogP contribution in [0.2, 0.25) is 0 Å². The van der Waals surface area contributed by atoms with Crippen LogP contribution < -0.4 is 5.32 Å². The number of carbonyl (C=O) groups excluding carboxylic acids is 2. The van der Waals surface area contributed by atoms with Crippen molar-refractivity contribution in [1.82, 2.24) is 10.3 Å². The second kappa shape index (κ2) is 8.73. The number of carbonyl (C=O) groups is 2. The lowest BCUT2D eigenvalue weighted by Crippen LogP contribution is -2.33. The van der Waals surface area contributed by atoms with Crippen molar-refractivity contribution in [3.05, 3.63) is 53.5 Å². The number of nitrogens with zero attached hydrogens (tertiary/aromatic N) is 1. The molecule has 0 aliphatic carbocycles. The second-order valence-electron chi connectivity index (χ2n) is 6.80. The lowest BCUT2D eigenvalue weighted by atomic mass is 10.0. The Morgan fingerprint density at radius 2 is 1.83 bits per heavy atom. The van der Waals surface area contributed by atoms with Gasteiger partial charge in [-0.1, -0.05) is 43.3 Å². The molecule has 1 aromatic heterocycles. The molecule has 3 rings (SSSR count). The van der Waals surface area contributed by atoms with E-state index in [1.54, 1.807) is 0 Å². The molecule has 0 aliphatic heterocycles. The molecule has 0 aliphatic rings. The highest BCUT2D eigenvalue weighted by atomic mass is 32.1. The van der Waals surface area contributed by atoms with Gasteiger partial charge in [-0.15, -0.1) is 11.3 Å². The maximum Gasteiger partial charge on any atom is 0.391 e. The van der Waals surface area contributed by atoms with Crippen molar-refractivity contribution < 1.29 is 22.8 Å². The number of thiazole rings is 1. The molecule has 152 valence electrons. The summed E-state index contributed by atoms with van der Waals surface area (Å²) >= 11 is 1.38. The number of ketones is 1. The molecule has 1 unspecified atom stereocenters. The number of amides is 1. The maximum atomic E-state index is 12.5. The van der Waals surface area contributed by atoms with Gasteiger partial charge in [-0.05, 0) is 23.3 Å². The van der Waals surface area contributed by atoms with Crippen molar-refractivity contribution in [2.45, 2.75) is 25.9 Å². The Morgan fingerprint density at radius 3 is 2.52 bits per heavy atom. The van der Waals surface area contributed by atoms with E-state index < -0.39 is 36.8 Å². The second-order valence-corrected chi connectivity index (χ2v) is 7.91. The summed E-state index contributed by atoms with van der Waals surface area (Å²) in [4.78, 5) is 28.1. The number of rotatable bonds is 7. The summed E-state index contributed by atoms with van der Waals surface area (Å²) in [5.41, 5.74) is 2.89. The molecule has 0 saturated heterocycles. The fourth-order valence-corrected chi connectivity index (χ4v) is 3.79. The molecule has 4 nitrogen and oxygen atoms in total. The molecule has 1 amide bonds. The van der Waals surface area contributed by atoms with Gasteiger partial charge < -0.3 is 5.32 Å². The number of Topliss-reactive ketones (excluding diaryl/α,β-unsaturated/α-hetero) is 1. The zero-order valence-corrected chi connectivity index (χ0v) is 16.4. The van der Waals surface area contributed by atoms with E-state index in [9.17, 15) is 22.8 Å². The van der Waals surface area contributed by atoms with Crippen molar-refractivity contribution in [1.29, 1.82) is 0 Å². The zero-order valence-electron chi connectivity index (χ0n) is 15.6. The lowest BCUT2D eigenvalue weighted by Gasteiger charge is -2.14. The summed E-state index contributed by atoms with van der Waals surface area (Å²) in [5.74, 6) is -2.82.